The van der Waals surface area contributed by atoms with Crippen LogP contribution in [-0.4, -0.2) is 24.6 Å². The van der Waals surface area contributed by atoms with Crippen LogP contribution >= 0.6 is 0 Å². The van der Waals surface area contributed by atoms with Crippen LogP contribution in [0.25, 0.3) is 0 Å². The molecule has 0 atom stereocenters. The standard InChI is InChI=1S/C4H6N2O2S/c1-9(7,8)4-2-5-3-6-4/h2-3H,1H3,(H,5,6). The number of hydrogen-bond donors (Lipinski definition) is 1. The average Bonchev–Trinajstić information content (AvgIpc) is 2.08. The molecule has 1 rings (SSSR count). The summed E-state index contributed by atoms with van der Waals surface area (Å²) < 4.78 is 21.2. The van der Waals surface area contributed by atoms with Crippen LogP contribution in [0.4, 0.5) is 0 Å². The van der Waals surface area contributed by atoms with E-state index in [2.05, 4.69) is 9.97 Å². The molecule has 0 spiro atoms. The lowest BCUT2D eigenvalue weighted by Crippen LogP contribution is -1.95. The van der Waals surface area contributed by atoms with Gasteiger partial charge in [-0.2, -0.15) is 0 Å². The number of nitrogens with one attached hydrogen (secondary N) is 1. The molecule has 9 heavy (non-hydrogen) atoms. The number of hydrogen-bond acceptors (Lipinski definition) is 3. The van der Waals surface area contributed by atoms with E-state index in [4.69, 9.17) is 0 Å². The molecular weight excluding hydrogens is 140 g/mol. The van der Waals surface area contributed by atoms with Crippen LogP contribution in [0.5, 0.6) is 0 Å². The molecule has 5 heteroatoms. The first-order valence-corrected chi connectivity index (χ1v) is 4.18. The predicted octanol–water partition coefficient (Wildman–Crippen LogP) is -0.187. The minimum Gasteiger partial charge on any atom is -0.350 e. The Morgan fingerprint density at radius 2 is 2.33 bits per heavy atom. The lowest BCUT2D eigenvalue weighted by molar-refractivity contribution is 0.599. The normalized spacial score (nSPS) is 11.7. The van der Waals surface area contributed by atoms with Crippen molar-refractivity contribution in [3.05, 3.63) is 12.5 Å². The number of aromatic nitrogens is 2. The van der Waals surface area contributed by atoms with Crippen LogP contribution in [0.1, 0.15) is 0 Å². The highest BCUT2D eigenvalue weighted by Gasteiger charge is 2.06. The second kappa shape index (κ2) is 1.84. The number of imidazole rings is 1. The molecule has 1 aromatic rings. The predicted molar refractivity (Wildman–Crippen MR) is 31.7 cm³/mol. The number of rotatable bonds is 1. The second-order valence-corrected chi connectivity index (χ2v) is 3.64. The molecule has 0 aliphatic heterocycles. The fourth-order valence-electron chi connectivity index (χ4n) is 0.449. The smallest absolute Gasteiger partial charge is 0.194 e. The van der Waals surface area contributed by atoms with E-state index in [0.717, 1.165) is 6.26 Å². The van der Waals surface area contributed by atoms with Gasteiger partial charge in [-0.15, -0.1) is 0 Å². The van der Waals surface area contributed by atoms with Gasteiger partial charge in [0.2, 0.25) is 0 Å². The molecule has 1 aromatic heterocycles. The van der Waals surface area contributed by atoms with E-state index in [1.165, 1.54) is 12.5 Å². The lowest BCUT2D eigenvalue weighted by atomic mass is 11.0. The molecule has 1 heterocycles. The second-order valence-electron chi connectivity index (χ2n) is 1.68. The van der Waals surface area contributed by atoms with E-state index >= 15 is 0 Å². The van der Waals surface area contributed by atoms with Crippen molar-refractivity contribution >= 4 is 9.84 Å². The average molecular weight is 146 g/mol. The zero-order chi connectivity index (χ0) is 6.91. The maximum Gasteiger partial charge on any atom is 0.194 e. The highest BCUT2D eigenvalue weighted by atomic mass is 32.2. The number of H-pyrrole nitrogens is 1. The zero-order valence-electron chi connectivity index (χ0n) is 4.83. The van der Waals surface area contributed by atoms with Gasteiger partial charge in [-0.05, 0) is 0 Å². The highest BCUT2D eigenvalue weighted by molar-refractivity contribution is 7.90. The Morgan fingerprint density at radius 3 is 2.56 bits per heavy atom. The molecule has 1 N–H and O–H groups in total. The summed E-state index contributed by atoms with van der Waals surface area (Å²) in [6.07, 6.45) is 3.79. The fraction of sp³-hybridized carbons (Fsp3) is 0.250. The van der Waals surface area contributed by atoms with E-state index in [9.17, 15) is 8.42 Å². The Balaban J connectivity index is 3.20. The van der Waals surface area contributed by atoms with Gasteiger partial charge in [-0.3, -0.25) is 0 Å². The van der Waals surface area contributed by atoms with Crippen molar-refractivity contribution < 1.29 is 8.42 Å². The number of sulfone groups is 1. The van der Waals surface area contributed by atoms with Crippen molar-refractivity contribution in [1.82, 2.24) is 9.97 Å². The molecule has 4 nitrogen and oxygen atoms in total. The molecule has 0 amide bonds. The van der Waals surface area contributed by atoms with Gasteiger partial charge in [0.05, 0.1) is 6.33 Å². The van der Waals surface area contributed by atoms with Crippen molar-refractivity contribution in [2.75, 3.05) is 6.26 Å². The SMILES string of the molecule is CS(=O)(=O)c1c[nH]cn1. The Bertz CT molecular complexity index is 274. The van der Waals surface area contributed by atoms with Gasteiger partial charge in [-0.25, -0.2) is 13.4 Å². The first kappa shape index (κ1) is 6.28. The molecular formula is C4H6N2O2S. The van der Waals surface area contributed by atoms with E-state index in [-0.39, 0.29) is 5.03 Å². The maximum atomic E-state index is 10.6. The number of aromatic amines is 1. The first-order chi connectivity index (χ1) is 4.11. The molecule has 0 unspecified atom stereocenters. The highest BCUT2D eigenvalue weighted by Crippen LogP contribution is 1.99. The minimum atomic E-state index is -3.10. The van der Waals surface area contributed by atoms with Gasteiger partial charge < -0.3 is 4.98 Å². The maximum absolute atomic E-state index is 10.6. The number of nitrogens with zero attached hydrogens (tertiary/aromatic N) is 1. The van der Waals surface area contributed by atoms with Crippen molar-refractivity contribution in [2.24, 2.45) is 0 Å². The summed E-state index contributed by atoms with van der Waals surface area (Å²) in [5.41, 5.74) is 0. The monoisotopic (exact) mass is 146 g/mol. The molecule has 0 bridgehead atoms. The van der Waals surface area contributed by atoms with Crippen molar-refractivity contribution in [3.8, 4) is 0 Å². The van der Waals surface area contributed by atoms with Crippen LogP contribution in [0.2, 0.25) is 0 Å². The van der Waals surface area contributed by atoms with E-state index in [1.807, 2.05) is 0 Å². The molecule has 0 aromatic carbocycles. The van der Waals surface area contributed by atoms with Crippen LogP contribution in [-0.2, 0) is 9.84 Å². The third-order valence-electron chi connectivity index (χ3n) is 0.853. The summed E-state index contributed by atoms with van der Waals surface area (Å²) in [6, 6.07) is 0. The zero-order valence-corrected chi connectivity index (χ0v) is 5.64. The Hall–Kier alpha value is -0.840. The molecule has 0 saturated carbocycles. The lowest BCUT2D eigenvalue weighted by Gasteiger charge is -1.84. The summed E-state index contributed by atoms with van der Waals surface area (Å²) >= 11 is 0. The first-order valence-electron chi connectivity index (χ1n) is 2.29. The quantitative estimate of drug-likeness (QED) is 0.597. The van der Waals surface area contributed by atoms with Gasteiger partial charge in [0.1, 0.15) is 0 Å². The van der Waals surface area contributed by atoms with E-state index < -0.39 is 9.84 Å². The van der Waals surface area contributed by atoms with Gasteiger partial charge in [0, 0.05) is 12.5 Å². The van der Waals surface area contributed by atoms with Gasteiger partial charge >= 0.3 is 0 Å². The summed E-state index contributed by atoms with van der Waals surface area (Å²) in [5, 5.41) is 0.0856. The summed E-state index contributed by atoms with van der Waals surface area (Å²) in [5.74, 6) is 0. The molecule has 0 saturated heterocycles. The Kier molecular flexibility index (Phi) is 1.28. The molecule has 0 fully saturated rings. The van der Waals surface area contributed by atoms with E-state index in [0.29, 0.717) is 0 Å². The molecule has 50 valence electrons. The Morgan fingerprint density at radius 1 is 1.67 bits per heavy atom. The van der Waals surface area contributed by atoms with Gasteiger partial charge in [0.25, 0.3) is 0 Å². The molecule has 0 aliphatic carbocycles. The van der Waals surface area contributed by atoms with Gasteiger partial charge in [0.15, 0.2) is 14.9 Å². The van der Waals surface area contributed by atoms with Crippen LogP contribution in [0.3, 0.4) is 0 Å². The largest absolute Gasteiger partial charge is 0.350 e. The van der Waals surface area contributed by atoms with Crippen LogP contribution < -0.4 is 0 Å². The summed E-state index contributed by atoms with van der Waals surface area (Å²) in [6.45, 7) is 0. The van der Waals surface area contributed by atoms with Crippen molar-refractivity contribution in [1.29, 1.82) is 0 Å². The topological polar surface area (TPSA) is 62.8 Å². The van der Waals surface area contributed by atoms with E-state index in [1.54, 1.807) is 0 Å². The third kappa shape index (κ3) is 1.29. The fourth-order valence-corrected chi connectivity index (χ4v) is 0.976. The molecule has 0 aliphatic rings. The Labute approximate surface area is 52.9 Å². The third-order valence-corrected chi connectivity index (χ3v) is 1.84. The van der Waals surface area contributed by atoms with Crippen molar-refractivity contribution in [3.63, 3.8) is 0 Å². The van der Waals surface area contributed by atoms with Crippen LogP contribution in [0.15, 0.2) is 17.6 Å². The summed E-state index contributed by atoms with van der Waals surface area (Å²) in [7, 11) is -3.10. The van der Waals surface area contributed by atoms with Crippen molar-refractivity contribution in [2.45, 2.75) is 5.03 Å². The minimum absolute atomic E-state index is 0.0856. The van der Waals surface area contributed by atoms with Gasteiger partial charge in [-0.1, -0.05) is 0 Å². The van der Waals surface area contributed by atoms with Crippen LogP contribution in [0, 0.1) is 0 Å². The summed E-state index contributed by atoms with van der Waals surface area (Å²) in [4.78, 5) is 6.09. The molecule has 0 radical (unpaired) electrons.